The van der Waals surface area contributed by atoms with E-state index >= 15 is 0 Å². The smallest absolute Gasteiger partial charge is 0.255 e. The molecule has 2 N–H and O–H groups in total. The Balaban J connectivity index is 1.45. The van der Waals surface area contributed by atoms with Crippen LogP contribution in [0.5, 0.6) is 11.5 Å². The molecule has 1 aliphatic heterocycles. The zero-order valence-corrected chi connectivity index (χ0v) is 23.1. The minimum Gasteiger partial charge on any atom is -0.457 e. The average molecular weight is 564 g/mol. The Bertz CT molecular complexity index is 1670. The van der Waals surface area contributed by atoms with Crippen LogP contribution in [0.4, 0.5) is 10.1 Å². The molecule has 1 atom stereocenters. The van der Waals surface area contributed by atoms with Gasteiger partial charge in [0.25, 0.3) is 5.91 Å². The van der Waals surface area contributed by atoms with Crippen LogP contribution in [0.2, 0.25) is 0 Å². The van der Waals surface area contributed by atoms with Crippen molar-refractivity contribution in [2.24, 2.45) is 0 Å². The molecule has 40 heavy (non-hydrogen) atoms. The lowest BCUT2D eigenvalue weighted by Gasteiger charge is -2.30. The molecule has 8 nitrogen and oxygen atoms in total. The number of furan rings is 1. The topological polar surface area (TPSA) is 101 Å². The summed E-state index contributed by atoms with van der Waals surface area (Å²) in [6.07, 6.45) is 3.89. The monoisotopic (exact) mass is 563 g/mol. The fourth-order valence-corrected chi connectivity index (χ4v) is 6.65. The van der Waals surface area contributed by atoms with Gasteiger partial charge in [-0.3, -0.25) is 9.10 Å². The van der Waals surface area contributed by atoms with Gasteiger partial charge in [-0.2, -0.15) is 0 Å². The number of rotatable bonds is 8. The number of carbonyl (C=O) groups excluding carboxylic acids is 1. The van der Waals surface area contributed by atoms with Crippen LogP contribution in [-0.2, 0) is 10.0 Å². The second-order valence-corrected chi connectivity index (χ2v) is 12.2. The zero-order chi connectivity index (χ0) is 28.0. The van der Waals surface area contributed by atoms with E-state index in [1.807, 2.05) is 6.07 Å². The lowest BCUT2D eigenvalue weighted by atomic mass is 10.00. The molecule has 2 aliphatic rings. The zero-order valence-electron chi connectivity index (χ0n) is 22.2. The van der Waals surface area contributed by atoms with Gasteiger partial charge in [-0.05, 0) is 91.9 Å². The Labute approximate surface area is 232 Å². The van der Waals surface area contributed by atoms with E-state index in [1.165, 1.54) is 22.7 Å². The molecule has 2 heterocycles. The Morgan fingerprint density at radius 2 is 1.73 bits per heavy atom. The molecule has 208 valence electrons. The van der Waals surface area contributed by atoms with Crippen LogP contribution in [0.15, 0.2) is 65.1 Å². The van der Waals surface area contributed by atoms with Crippen molar-refractivity contribution in [2.75, 3.05) is 30.7 Å². The molecule has 0 spiro atoms. The summed E-state index contributed by atoms with van der Waals surface area (Å²) in [6, 6.07) is 16.3. The molecule has 10 heteroatoms. The van der Waals surface area contributed by atoms with Gasteiger partial charge in [0, 0.05) is 30.6 Å². The molecule has 1 aromatic heterocycles. The van der Waals surface area contributed by atoms with Gasteiger partial charge in [-0.25, -0.2) is 12.8 Å². The highest BCUT2D eigenvalue weighted by Gasteiger charge is 2.36. The number of hydrogen-bond acceptors (Lipinski definition) is 6. The van der Waals surface area contributed by atoms with Crippen LogP contribution in [0, 0.1) is 5.82 Å². The highest BCUT2D eigenvalue weighted by Crippen LogP contribution is 2.48. The van der Waals surface area contributed by atoms with Crippen LogP contribution >= 0.6 is 0 Å². The van der Waals surface area contributed by atoms with Gasteiger partial charge >= 0.3 is 0 Å². The van der Waals surface area contributed by atoms with Crippen LogP contribution in [-0.4, -0.2) is 46.8 Å². The van der Waals surface area contributed by atoms with E-state index in [0.717, 1.165) is 24.9 Å². The normalized spacial score (nSPS) is 17.2. The lowest BCUT2D eigenvalue weighted by Crippen LogP contribution is -2.41. The van der Waals surface area contributed by atoms with E-state index in [1.54, 1.807) is 49.5 Å². The first-order chi connectivity index (χ1) is 19.2. The van der Waals surface area contributed by atoms with Crippen molar-refractivity contribution in [3.8, 4) is 22.8 Å². The van der Waals surface area contributed by atoms with Gasteiger partial charge in [-0.1, -0.05) is 0 Å². The second-order valence-electron chi connectivity index (χ2n) is 10.4. The number of amides is 1. The Hall–Kier alpha value is -3.89. The van der Waals surface area contributed by atoms with Crippen molar-refractivity contribution in [3.05, 3.63) is 77.6 Å². The molecule has 3 aromatic carbocycles. The molecule has 6 rings (SSSR count). The molecular formula is C30H30FN3O5S. The van der Waals surface area contributed by atoms with Crippen LogP contribution < -0.4 is 19.7 Å². The number of hydrogen-bond donors (Lipinski definition) is 2. The first-order valence-corrected chi connectivity index (χ1v) is 15.1. The van der Waals surface area contributed by atoms with Gasteiger partial charge in [0.2, 0.25) is 10.0 Å². The Morgan fingerprint density at radius 3 is 2.30 bits per heavy atom. The predicted octanol–water partition coefficient (Wildman–Crippen LogP) is 5.40. The van der Waals surface area contributed by atoms with E-state index in [9.17, 15) is 17.6 Å². The van der Waals surface area contributed by atoms with Gasteiger partial charge in [0.1, 0.15) is 28.7 Å². The minimum absolute atomic E-state index is 0.188. The number of halogens is 1. The third kappa shape index (κ3) is 5.04. The fourth-order valence-electron chi connectivity index (χ4n) is 5.41. The molecule has 1 amide bonds. The van der Waals surface area contributed by atoms with E-state index in [-0.39, 0.29) is 23.7 Å². The number of benzene rings is 3. The van der Waals surface area contributed by atoms with Crippen molar-refractivity contribution in [3.63, 3.8) is 0 Å². The largest absolute Gasteiger partial charge is 0.457 e. The van der Waals surface area contributed by atoms with E-state index in [0.29, 0.717) is 58.0 Å². The van der Waals surface area contributed by atoms with Gasteiger partial charge in [0.05, 0.1) is 23.5 Å². The Kier molecular flexibility index (Phi) is 6.75. The summed E-state index contributed by atoms with van der Waals surface area (Å²) in [4.78, 5) is 13.2. The van der Waals surface area contributed by atoms with Crippen LogP contribution in [0.25, 0.3) is 22.3 Å². The van der Waals surface area contributed by atoms with Gasteiger partial charge in [0.15, 0.2) is 0 Å². The molecule has 1 saturated heterocycles. The third-order valence-electron chi connectivity index (χ3n) is 7.44. The molecular weight excluding hydrogens is 533 g/mol. The number of carbonyl (C=O) groups is 1. The minimum atomic E-state index is -3.57. The number of nitrogens with one attached hydrogen (secondary N) is 2. The first kappa shape index (κ1) is 26.3. The maximum absolute atomic E-state index is 13.2. The quantitative estimate of drug-likeness (QED) is 0.298. The summed E-state index contributed by atoms with van der Waals surface area (Å²) < 4.78 is 53.0. The van der Waals surface area contributed by atoms with E-state index in [4.69, 9.17) is 9.15 Å². The van der Waals surface area contributed by atoms with Crippen molar-refractivity contribution >= 4 is 32.6 Å². The highest BCUT2D eigenvalue weighted by atomic mass is 32.2. The number of ether oxygens (including phenoxy) is 1. The molecule has 2 fully saturated rings. The molecule has 4 aromatic rings. The molecule has 1 unspecified atom stereocenters. The standard InChI is InChI=1S/C30H30FN3O5S/c1-32-30(35)28-25-15-24(18-3-4-18)26(34(40(2,36)37)21-13-14-33-17-21)16-27(25)39-29(28)19-5-9-22(10-6-19)38-23-11-7-20(31)8-12-23/h5-12,15-16,18,21,33H,3-4,13-14,17H2,1-2H3,(H,32,35). The van der Waals surface area contributed by atoms with Crippen molar-refractivity contribution in [1.29, 1.82) is 0 Å². The molecule has 0 bridgehead atoms. The number of nitrogens with zero attached hydrogens (tertiary/aromatic N) is 1. The summed E-state index contributed by atoms with van der Waals surface area (Å²) >= 11 is 0. The highest BCUT2D eigenvalue weighted by molar-refractivity contribution is 7.92. The van der Waals surface area contributed by atoms with Crippen molar-refractivity contribution < 1.29 is 26.8 Å². The fraction of sp³-hybridized carbons (Fsp3) is 0.300. The first-order valence-electron chi connectivity index (χ1n) is 13.3. The molecule has 1 saturated carbocycles. The molecule has 1 aliphatic carbocycles. The van der Waals surface area contributed by atoms with Gasteiger partial charge < -0.3 is 19.8 Å². The summed E-state index contributed by atoms with van der Waals surface area (Å²) in [5.74, 6) is 1.01. The third-order valence-corrected chi connectivity index (χ3v) is 8.64. The lowest BCUT2D eigenvalue weighted by molar-refractivity contribution is 0.0964. The average Bonchev–Trinajstić information content (AvgIpc) is 3.51. The number of fused-ring (bicyclic) bond motifs is 1. The summed E-state index contributed by atoms with van der Waals surface area (Å²) in [5.41, 5.74) is 3.05. The Morgan fingerprint density at radius 1 is 1.05 bits per heavy atom. The van der Waals surface area contributed by atoms with E-state index < -0.39 is 10.0 Å². The van der Waals surface area contributed by atoms with Crippen molar-refractivity contribution in [1.82, 2.24) is 10.6 Å². The van der Waals surface area contributed by atoms with Crippen LogP contribution in [0.3, 0.4) is 0 Å². The summed E-state index contributed by atoms with van der Waals surface area (Å²) in [6.45, 7) is 1.33. The van der Waals surface area contributed by atoms with Crippen molar-refractivity contribution in [2.45, 2.75) is 31.2 Å². The van der Waals surface area contributed by atoms with E-state index in [2.05, 4.69) is 10.6 Å². The second kappa shape index (κ2) is 10.3. The number of anilines is 1. The number of sulfonamides is 1. The summed E-state index contributed by atoms with van der Waals surface area (Å²) in [7, 11) is -2.00. The van der Waals surface area contributed by atoms with Gasteiger partial charge in [-0.15, -0.1) is 0 Å². The maximum Gasteiger partial charge on any atom is 0.255 e. The SMILES string of the molecule is CNC(=O)c1c(-c2ccc(Oc3ccc(F)cc3)cc2)oc2cc(N(C3CCNC3)S(C)(=O)=O)c(C3CC3)cc12. The molecule has 0 radical (unpaired) electrons. The predicted molar refractivity (Wildman–Crippen MR) is 152 cm³/mol. The van der Waals surface area contributed by atoms with Crippen LogP contribution in [0.1, 0.15) is 41.1 Å². The summed E-state index contributed by atoms with van der Waals surface area (Å²) in [5, 5.41) is 6.63. The maximum atomic E-state index is 13.2.